The lowest BCUT2D eigenvalue weighted by Gasteiger charge is -2.14. The summed E-state index contributed by atoms with van der Waals surface area (Å²) in [4.78, 5) is 0. The zero-order valence-electron chi connectivity index (χ0n) is 11.4. The van der Waals surface area contributed by atoms with Gasteiger partial charge in [0.05, 0.1) is 8.93 Å². The van der Waals surface area contributed by atoms with Crippen molar-refractivity contribution in [2.75, 3.05) is 6.54 Å². The molecular weight excluding hydrogens is 413 g/mol. The second-order valence-electron chi connectivity index (χ2n) is 4.49. The molecule has 0 saturated heterocycles. The van der Waals surface area contributed by atoms with Gasteiger partial charge in [0.15, 0.2) is 0 Å². The van der Waals surface area contributed by atoms with Gasteiger partial charge in [-0.2, -0.15) is 0 Å². The average molecular weight is 427 g/mol. The minimum Gasteiger partial charge on any atom is -0.304 e. The van der Waals surface area contributed by atoms with Gasteiger partial charge in [0.1, 0.15) is 10.0 Å². The van der Waals surface area contributed by atoms with E-state index in [1.165, 1.54) is 8.45 Å². The first kappa shape index (κ1) is 15.1. The molecule has 2 aromatic heterocycles. The molecule has 1 atom stereocenters. The van der Waals surface area contributed by atoms with E-state index in [-0.39, 0.29) is 6.04 Å². The largest absolute Gasteiger partial charge is 0.304 e. The van der Waals surface area contributed by atoms with E-state index in [1.54, 1.807) is 22.7 Å². The molecule has 0 radical (unpaired) electrons. The number of nitrogens with one attached hydrogen (secondary N) is 1. The van der Waals surface area contributed by atoms with E-state index in [0.29, 0.717) is 0 Å². The van der Waals surface area contributed by atoms with Crippen molar-refractivity contribution < 1.29 is 0 Å². The molecule has 2 heterocycles. The quantitative estimate of drug-likeness (QED) is 0.607. The Balaban J connectivity index is 1.92. The first-order valence-corrected chi connectivity index (χ1v) is 9.41. The number of halogens is 1. The molecule has 3 nitrogen and oxygen atoms in total. The average Bonchev–Trinajstić information content (AvgIpc) is 3.14. The van der Waals surface area contributed by atoms with Gasteiger partial charge in [-0.3, -0.25) is 0 Å². The van der Waals surface area contributed by atoms with Crippen LogP contribution in [0.15, 0.2) is 41.8 Å². The highest BCUT2D eigenvalue weighted by molar-refractivity contribution is 14.1. The van der Waals surface area contributed by atoms with E-state index in [4.69, 9.17) is 0 Å². The van der Waals surface area contributed by atoms with Crippen molar-refractivity contribution in [3.05, 3.63) is 55.2 Å². The summed E-state index contributed by atoms with van der Waals surface area (Å²) in [5.41, 5.74) is 2.39. The first-order valence-electron chi connectivity index (χ1n) is 6.64. The Morgan fingerprint density at radius 1 is 1.24 bits per heavy atom. The Kier molecular flexibility index (Phi) is 4.99. The van der Waals surface area contributed by atoms with Gasteiger partial charge < -0.3 is 5.32 Å². The van der Waals surface area contributed by atoms with Crippen LogP contribution in [0.25, 0.3) is 10.6 Å². The predicted molar refractivity (Wildman–Crippen MR) is 97.9 cm³/mol. The summed E-state index contributed by atoms with van der Waals surface area (Å²) in [6, 6.07) is 12.7. The van der Waals surface area contributed by atoms with E-state index >= 15 is 0 Å². The molecular formula is C15H14IN3S2. The van der Waals surface area contributed by atoms with Crippen molar-refractivity contribution in [3.8, 4) is 10.6 Å². The zero-order valence-corrected chi connectivity index (χ0v) is 15.2. The molecule has 1 unspecified atom stereocenters. The summed E-state index contributed by atoms with van der Waals surface area (Å²) >= 11 is 5.73. The molecule has 3 rings (SSSR count). The third-order valence-electron chi connectivity index (χ3n) is 3.04. The normalized spacial score (nSPS) is 12.5. The number of hydrogen-bond donors (Lipinski definition) is 1. The van der Waals surface area contributed by atoms with Gasteiger partial charge in [0.2, 0.25) is 0 Å². The van der Waals surface area contributed by atoms with Crippen molar-refractivity contribution in [1.82, 2.24) is 15.5 Å². The maximum absolute atomic E-state index is 4.41. The van der Waals surface area contributed by atoms with Crippen LogP contribution in [0.5, 0.6) is 0 Å². The highest BCUT2D eigenvalue weighted by atomic mass is 127. The molecule has 21 heavy (non-hydrogen) atoms. The number of nitrogens with zero attached hydrogens (tertiary/aromatic N) is 2. The molecule has 6 heteroatoms. The molecule has 1 aromatic carbocycles. The predicted octanol–water partition coefficient (Wildman–Crippen LogP) is 4.57. The van der Waals surface area contributed by atoms with E-state index in [1.807, 2.05) is 6.07 Å². The smallest absolute Gasteiger partial charge is 0.148 e. The fourth-order valence-electron chi connectivity index (χ4n) is 2.09. The molecule has 3 aromatic rings. The van der Waals surface area contributed by atoms with Crippen LogP contribution in [0.2, 0.25) is 0 Å². The van der Waals surface area contributed by atoms with Crippen LogP contribution in [0.3, 0.4) is 0 Å². The van der Waals surface area contributed by atoms with Crippen LogP contribution < -0.4 is 5.32 Å². The van der Waals surface area contributed by atoms with E-state index in [9.17, 15) is 0 Å². The van der Waals surface area contributed by atoms with E-state index in [0.717, 1.165) is 22.1 Å². The summed E-state index contributed by atoms with van der Waals surface area (Å²) in [6.45, 7) is 3.00. The topological polar surface area (TPSA) is 37.8 Å². The molecule has 0 spiro atoms. The van der Waals surface area contributed by atoms with Crippen molar-refractivity contribution in [3.63, 3.8) is 0 Å². The van der Waals surface area contributed by atoms with Crippen LogP contribution in [0.4, 0.5) is 0 Å². The summed E-state index contributed by atoms with van der Waals surface area (Å²) in [5, 5.41) is 16.4. The third kappa shape index (κ3) is 3.50. The zero-order chi connectivity index (χ0) is 14.7. The van der Waals surface area contributed by atoms with Gasteiger partial charge in [-0.05, 0) is 40.8 Å². The molecule has 0 aliphatic heterocycles. The second-order valence-corrected chi connectivity index (χ2v) is 8.30. The number of aromatic nitrogens is 2. The van der Waals surface area contributed by atoms with Crippen LogP contribution >= 0.6 is 45.3 Å². The Bertz CT molecular complexity index is 709. The van der Waals surface area contributed by atoms with Gasteiger partial charge in [0, 0.05) is 10.9 Å². The number of rotatable bonds is 5. The maximum Gasteiger partial charge on any atom is 0.148 e. The Morgan fingerprint density at radius 3 is 2.71 bits per heavy atom. The molecule has 108 valence electrons. The Morgan fingerprint density at radius 2 is 2.05 bits per heavy atom. The number of benzene rings is 1. The number of hydrogen-bond acceptors (Lipinski definition) is 5. The fourth-order valence-corrected chi connectivity index (χ4v) is 4.43. The van der Waals surface area contributed by atoms with Crippen molar-refractivity contribution in [1.29, 1.82) is 0 Å². The Labute approximate surface area is 145 Å². The molecule has 0 amide bonds. The summed E-state index contributed by atoms with van der Waals surface area (Å²) in [5.74, 6) is 0. The van der Waals surface area contributed by atoms with Crippen molar-refractivity contribution in [2.45, 2.75) is 13.0 Å². The van der Waals surface area contributed by atoms with Gasteiger partial charge in [-0.1, -0.05) is 48.6 Å². The van der Waals surface area contributed by atoms with E-state index in [2.05, 4.69) is 80.7 Å². The SMILES string of the molecule is CCNC(c1ccccc1)c1nnc(-c2csc(I)c2)s1. The standard InChI is InChI=1S/C15H14IN3S2/c1-2-17-13(10-6-4-3-5-7-10)15-19-18-14(21-15)11-8-12(16)20-9-11/h3-9,13,17H,2H2,1H3. The number of thiophene rings is 1. The minimum absolute atomic E-state index is 0.111. The van der Waals surface area contributed by atoms with Crippen molar-refractivity contribution in [2.24, 2.45) is 0 Å². The van der Waals surface area contributed by atoms with Gasteiger partial charge in [0.25, 0.3) is 0 Å². The molecule has 0 saturated carbocycles. The van der Waals surface area contributed by atoms with Gasteiger partial charge >= 0.3 is 0 Å². The van der Waals surface area contributed by atoms with Crippen molar-refractivity contribution >= 4 is 45.3 Å². The Hall–Kier alpha value is -0.830. The molecule has 0 bridgehead atoms. The first-order chi connectivity index (χ1) is 10.3. The maximum atomic E-state index is 4.41. The van der Waals surface area contributed by atoms with Gasteiger partial charge in [-0.15, -0.1) is 21.5 Å². The lowest BCUT2D eigenvalue weighted by molar-refractivity contribution is 0.621. The van der Waals surface area contributed by atoms with Crippen LogP contribution in [0, 0.1) is 2.88 Å². The lowest BCUT2D eigenvalue weighted by Crippen LogP contribution is -2.21. The molecule has 0 fully saturated rings. The van der Waals surface area contributed by atoms with E-state index < -0.39 is 0 Å². The van der Waals surface area contributed by atoms with Crippen LogP contribution in [-0.2, 0) is 0 Å². The minimum atomic E-state index is 0.111. The molecule has 0 aliphatic carbocycles. The second kappa shape index (κ2) is 6.95. The third-order valence-corrected chi connectivity index (χ3v) is 5.87. The highest BCUT2D eigenvalue weighted by Crippen LogP contribution is 2.32. The summed E-state index contributed by atoms with van der Waals surface area (Å²) in [7, 11) is 0. The monoisotopic (exact) mass is 427 g/mol. The highest BCUT2D eigenvalue weighted by Gasteiger charge is 2.18. The summed E-state index contributed by atoms with van der Waals surface area (Å²) < 4.78 is 1.27. The van der Waals surface area contributed by atoms with Crippen LogP contribution in [0.1, 0.15) is 23.5 Å². The van der Waals surface area contributed by atoms with Crippen LogP contribution in [-0.4, -0.2) is 16.7 Å². The lowest BCUT2D eigenvalue weighted by atomic mass is 10.1. The molecule has 0 aliphatic rings. The fraction of sp³-hybridized carbons (Fsp3) is 0.200. The molecule has 1 N–H and O–H groups in total. The van der Waals surface area contributed by atoms with Gasteiger partial charge in [-0.25, -0.2) is 0 Å². The summed E-state index contributed by atoms with van der Waals surface area (Å²) in [6.07, 6.45) is 0.